The number of likely N-dealkylation sites (N-methyl/N-ethyl adjacent to an activating group) is 2. The molecule has 2 fully saturated rings. The van der Waals surface area contributed by atoms with E-state index in [0.717, 1.165) is 32.1 Å². The van der Waals surface area contributed by atoms with Crippen LogP contribution in [0.4, 0.5) is 0 Å². The molecule has 1 aliphatic carbocycles. The SMILES string of the molecule is CCNC1CCOCC1N(C)CC1CCC1. The Morgan fingerprint density at radius 2 is 2.12 bits per heavy atom. The lowest BCUT2D eigenvalue weighted by atomic mass is 9.84. The van der Waals surface area contributed by atoms with Crippen LogP contribution in [-0.4, -0.2) is 50.3 Å². The summed E-state index contributed by atoms with van der Waals surface area (Å²) in [6.07, 6.45) is 5.47. The maximum Gasteiger partial charge on any atom is 0.0636 e. The van der Waals surface area contributed by atoms with Gasteiger partial charge in [0.2, 0.25) is 0 Å². The van der Waals surface area contributed by atoms with E-state index in [0.29, 0.717) is 12.1 Å². The lowest BCUT2D eigenvalue weighted by molar-refractivity contribution is -0.00217. The first-order valence-corrected chi connectivity index (χ1v) is 6.82. The Morgan fingerprint density at radius 3 is 2.75 bits per heavy atom. The summed E-state index contributed by atoms with van der Waals surface area (Å²) >= 11 is 0. The number of nitrogens with zero attached hydrogens (tertiary/aromatic N) is 1. The fourth-order valence-electron chi connectivity index (χ4n) is 2.88. The highest BCUT2D eigenvalue weighted by atomic mass is 16.5. The summed E-state index contributed by atoms with van der Waals surface area (Å²) in [5.41, 5.74) is 0. The van der Waals surface area contributed by atoms with E-state index in [1.807, 2.05) is 0 Å². The predicted octanol–water partition coefficient (Wildman–Crippen LogP) is 1.49. The van der Waals surface area contributed by atoms with Crippen LogP contribution < -0.4 is 5.32 Å². The van der Waals surface area contributed by atoms with Crippen molar-refractivity contribution in [2.45, 2.75) is 44.7 Å². The molecule has 0 amide bonds. The minimum Gasteiger partial charge on any atom is -0.380 e. The van der Waals surface area contributed by atoms with E-state index < -0.39 is 0 Å². The molecular weight excluding hydrogens is 200 g/mol. The van der Waals surface area contributed by atoms with Crippen molar-refractivity contribution in [2.75, 3.05) is 33.4 Å². The molecule has 2 aliphatic rings. The van der Waals surface area contributed by atoms with Crippen LogP contribution in [0.25, 0.3) is 0 Å². The van der Waals surface area contributed by atoms with Crippen LogP contribution in [0, 0.1) is 5.92 Å². The Hall–Kier alpha value is -0.120. The molecule has 0 bridgehead atoms. The molecule has 1 N–H and O–H groups in total. The van der Waals surface area contributed by atoms with Gasteiger partial charge in [-0.05, 0) is 38.8 Å². The predicted molar refractivity (Wildman–Crippen MR) is 66.7 cm³/mol. The van der Waals surface area contributed by atoms with Crippen LogP contribution in [0.3, 0.4) is 0 Å². The Morgan fingerprint density at radius 1 is 1.31 bits per heavy atom. The fourth-order valence-corrected chi connectivity index (χ4v) is 2.88. The first-order valence-electron chi connectivity index (χ1n) is 6.82. The standard InChI is InChI=1S/C13H26N2O/c1-3-14-12-7-8-16-10-13(12)15(2)9-11-5-4-6-11/h11-14H,3-10H2,1-2H3. The van der Waals surface area contributed by atoms with Crippen LogP contribution in [0.2, 0.25) is 0 Å². The molecule has 1 heterocycles. The highest BCUT2D eigenvalue weighted by Crippen LogP contribution is 2.28. The number of ether oxygens (including phenoxy) is 1. The van der Waals surface area contributed by atoms with E-state index in [9.17, 15) is 0 Å². The van der Waals surface area contributed by atoms with Crippen LogP contribution in [0.15, 0.2) is 0 Å². The summed E-state index contributed by atoms with van der Waals surface area (Å²) in [6.45, 7) is 6.35. The van der Waals surface area contributed by atoms with Crippen molar-refractivity contribution >= 4 is 0 Å². The van der Waals surface area contributed by atoms with Gasteiger partial charge in [0.1, 0.15) is 0 Å². The van der Waals surface area contributed by atoms with Crippen molar-refractivity contribution in [1.82, 2.24) is 10.2 Å². The van der Waals surface area contributed by atoms with Crippen molar-refractivity contribution in [3.63, 3.8) is 0 Å². The topological polar surface area (TPSA) is 24.5 Å². The Kier molecular flexibility index (Phi) is 4.62. The molecule has 3 heteroatoms. The molecule has 1 saturated heterocycles. The summed E-state index contributed by atoms with van der Waals surface area (Å²) in [5.74, 6) is 0.953. The molecular formula is C13H26N2O. The minimum absolute atomic E-state index is 0.578. The third-order valence-electron chi connectivity index (χ3n) is 4.13. The maximum absolute atomic E-state index is 5.63. The number of hydrogen-bond acceptors (Lipinski definition) is 3. The van der Waals surface area contributed by atoms with Crippen molar-refractivity contribution < 1.29 is 4.74 Å². The van der Waals surface area contributed by atoms with Gasteiger partial charge in [-0.3, -0.25) is 4.90 Å². The maximum atomic E-state index is 5.63. The summed E-state index contributed by atoms with van der Waals surface area (Å²) in [6, 6.07) is 1.21. The van der Waals surface area contributed by atoms with Gasteiger partial charge in [-0.15, -0.1) is 0 Å². The molecule has 94 valence electrons. The summed E-state index contributed by atoms with van der Waals surface area (Å²) in [5, 5.41) is 3.60. The summed E-state index contributed by atoms with van der Waals surface area (Å²) in [7, 11) is 2.27. The Bertz CT molecular complexity index is 204. The van der Waals surface area contributed by atoms with Gasteiger partial charge in [-0.25, -0.2) is 0 Å². The zero-order valence-electron chi connectivity index (χ0n) is 10.7. The normalized spacial score (nSPS) is 31.7. The molecule has 0 aromatic rings. The van der Waals surface area contributed by atoms with Crippen molar-refractivity contribution in [2.24, 2.45) is 5.92 Å². The van der Waals surface area contributed by atoms with Gasteiger partial charge >= 0.3 is 0 Å². The van der Waals surface area contributed by atoms with Crippen LogP contribution in [-0.2, 0) is 4.74 Å². The number of rotatable bonds is 5. The van der Waals surface area contributed by atoms with E-state index in [1.54, 1.807) is 0 Å². The van der Waals surface area contributed by atoms with Crippen LogP contribution in [0.5, 0.6) is 0 Å². The van der Waals surface area contributed by atoms with Gasteiger partial charge in [0, 0.05) is 25.2 Å². The summed E-state index contributed by atoms with van der Waals surface area (Å²) in [4.78, 5) is 2.52. The second-order valence-corrected chi connectivity index (χ2v) is 5.33. The molecule has 2 atom stereocenters. The minimum atomic E-state index is 0.578. The molecule has 0 aromatic heterocycles. The van der Waals surface area contributed by atoms with Gasteiger partial charge in [0.05, 0.1) is 6.61 Å². The van der Waals surface area contributed by atoms with E-state index in [1.165, 1.54) is 25.8 Å². The van der Waals surface area contributed by atoms with Gasteiger partial charge in [0.15, 0.2) is 0 Å². The monoisotopic (exact) mass is 226 g/mol. The molecule has 2 unspecified atom stereocenters. The molecule has 1 saturated carbocycles. The van der Waals surface area contributed by atoms with Crippen molar-refractivity contribution in [1.29, 1.82) is 0 Å². The molecule has 2 rings (SSSR count). The highest BCUT2D eigenvalue weighted by molar-refractivity contribution is 4.87. The number of nitrogens with one attached hydrogen (secondary N) is 1. The molecule has 3 nitrogen and oxygen atoms in total. The third kappa shape index (κ3) is 2.96. The van der Waals surface area contributed by atoms with E-state index in [4.69, 9.17) is 4.74 Å². The molecule has 0 aromatic carbocycles. The second kappa shape index (κ2) is 5.99. The molecule has 0 radical (unpaired) electrons. The van der Waals surface area contributed by atoms with E-state index in [-0.39, 0.29) is 0 Å². The lowest BCUT2D eigenvalue weighted by Crippen LogP contribution is -2.55. The fraction of sp³-hybridized carbons (Fsp3) is 1.00. The van der Waals surface area contributed by atoms with E-state index in [2.05, 4.69) is 24.2 Å². The van der Waals surface area contributed by atoms with E-state index >= 15 is 0 Å². The second-order valence-electron chi connectivity index (χ2n) is 5.33. The zero-order chi connectivity index (χ0) is 11.4. The first-order chi connectivity index (χ1) is 7.81. The van der Waals surface area contributed by atoms with Gasteiger partial charge in [-0.2, -0.15) is 0 Å². The number of hydrogen-bond donors (Lipinski definition) is 1. The third-order valence-corrected chi connectivity index (χ3v) is 4.13. The average molecular weight is 226 g/mol. The summed E-state index contributed by atoms with van der Waals surface area (Å²) < 4.78 is 5.63. The molecule has 1 aliphatic heterocycles. The van der Waals surface area contributed by atoms with Crippen molar-refractivity contribution in [3.05, 3.63) is 0 Å². The zero-order valence-corrected chi connectivity index (χ0v) is 10.7. The van der Waals surface area contributed by atoms with Gasteiger partial charge < -0.3 is 10.1 Å². The quantitative estimate of drug-likeness (QED) is 0.768. The molecule has 16 heavy (non-hydrogen) atoms. The smallest absolute Gasteiger partial charge is 0.0636 e. The largest absolute Gasteiger partial charge is 0.380 e. The lowest BCUT2D eigenvalue weighted by Gasteiger charge is -2.41. The average Bonchev–Trinajstić information content (AvgIpc) is 2.24. The van der Waals surface area contributed by atoms with Gasteiger partial charge in [0.25, 0.3) is 0 Å². The Labute approximate surface area is 99.5 Å². The van der Waals surface area contributed by atoms with Crippen molar-refractivity contribution in [3.8, 4) is 0 Å². The molecule has 0 spiro atoms. The van der Waals surface area contributed by atoms with Crippen LogP contribution in [0.1, 0.15) is 32.6 Å². The van der Waals surface area contributed by atoms with Gasteiger partial charge in [-0.1, -0.05) is 13.3 Å². The Balaban J connectivity index is 1.82. The highest BCUT2D eigenvalue weighted by Gasteiger charge is 2.30. The first kappa shape index (κ1) is 12.3. The van der Waals surface area contributed by atoms with Crippen LogP contribution >= 0.6 is 0 Å².